The van der Waals surface area contributed by atoms with Crippen LogP contribution in [-0.4, -0.2) is 42.4 Å². The lowest BCUT2D eigenvalue weighted by Gasteiger charge is -2.44. The molecule has 1 saturated heterocycles. The van der Waals surface area contributed by atoms with Crippen molar-refractivity contribution in [1.82, 2.24) is 10.2 Å². The molecule has 0 atom stereocenters. The topological polar surface area (TPSA) is 61.4 Å². The fraction of sp³-hybridized carbons (Fsp3) is 0.667. The average molecular weight is 350 g/mol. The Kier molecular flexibility index (Phi) is 5.56. The van der Waals surface area contributed by atoms with Crippen LogP contribution in [0.1, 0.15) is 53.6 Å². The van der Waals surface area contributed by atoms with Gasteiger partial charge in [-0.05, 0) is 32.8 Å². The summed E-state index contributed by atoms with van der Waals surface area (Å²) in [5, 5.41) is 5.81. The van der Waals surface area contributed by atoms with Gasteiger partial charge in [-0.3, -0.25) is 14.5 Å². The number of nitrogens with one attached hydrogen (secondary N) is 2. The Morgan fingerprint density at radius 1 is 1.25 bits per heavy atom. The molecule has 2 N–H and O–H groups in total. The largest absolute Gasteiger partial charge is 0.352 e. The summed E-state index contributed by atoms with van der Waals surface area (Å²) >= 11 is 1.43. The van der Waals surface area contributed by atoms with Gasteiger partial charge in [0.25, 0.3) is 5.91 Å². The first-order valence-electron chi connectivity index (χ1n) is 9.02. The maximum Gasteiger partial charge on any atom is 0.261 e. The molecule has 0 unspecified atom stereocenters. The van der Waals surface area contributed by atoms with Gasteiger partial charge >= 0.3 is 0 Å². The molecular formula is C18H27N3O2S. The summed E-state index contributed by atoms with van der Waals surface area (Å²) in [6.07, 6.45) is 6.59. The Hall–Kier alpha value is -1.40. The van der Waals surface area contributed by atoms with Gasteiger partial charge in [0.15, 0.2) is 0 Å². The van der Waals surface area contributed by atoms with Crippen LogP contribution in [0.5, 0.6) is 0 Å². The minimum absolute atomic E-state index is 0.0711. The predicted molar refractivity (Wildman–Crippen MR) is 97.6 cm³/mol. The van der Waals surface area contributed by atoms with E-state index in [1.54, 1.807) is 6.07 Å². The Bertz CT molecular complexity index is 601. The van der Waals surface area contributed by atoms with E-state index in [0.29, 0.717) is 17.5 Å². The Balaban J connectivity index is 1.51. The summed E-state index contributed by atoms with van der Waals surface area (Å²) in [5.74, 6) is 0.0998. The number of rotatable bonds is 5. The van der Waals surface area contributed by atoms with Gasteiger partial charge in [0, 0.05) is 30.6 Å². The van der Waals surface area contributed by atoms with Crippen LogP contribution in [0.3, 0.4) is 0 Å². The molecule has 1 aromatic rings. The van der Waals surface area contributed by atoms with Crippen LogP contribution in [0.4, 0.5) is 5.69 Å². The molecule has 1 aliphatic carbocycles. The highest BCUT2D eigenvalue weighted by molar-refractivity contribution is 7.14. The zero-order valence-corrected chi connectivity index (χ0v) is 15.4. The van der Waals surface area contributed by atoms with Crippen molar-refractivity contribution in [2.24, 2.45) is 5.92 Å². The predicted octanol–water partition coefficient (Wildman–Crippen LogP) is 3.01. The number of nitrogens with zero attached hydrogens (tertiary/aromatic N) is 1. The van der Waals surface area contributed by atoms with Gasteiger partial charge in [-0.2, -0.15) is 0 Å². The van der Waals surface area contributed by atoms with E-state index in [4.69, 9.17) is 0 Å². The third-order valence-corrected chi connectivity index (χ3v) is 6.16. The first-order valence-corrected chi connectivity index (χ1v) is 9.83. The molecule has 132 valence electrons. The van der Waals surface area contributed by atoms with E-state index in [0.717, 1.165) is 23.7 Å². The normalized spacial score (nSPS) is 19.8. The second-order valence-corrected chi connectivity index (χ2v) is 8.13. The number of hydrogen-bond donors (Lipinski definition) is 2. The molecule has 5 nitrogen and oxygen atoms in total. The Morgan fingerprint density at radius 3 is 2.62 bits per heavy atom. The van der Waals surface area contributed by atoms with Crippen molar-refractivity contribution in [3.8, 4) is 0 Å². The molecule has 0 bridgehead atoms. The molecule has 2 aliphatic rings. The standard InChI is InChI=1S/C18H27N3O2S/c1-3-19-18(23)16-9-15(12(2)24-16)20-17(22)13-10-21(11-13)14-7-5-4-6-8-14/h9,13-14H,3-8,10-11H2,1-2H3,(H,19,23)(H,20,22). The lowest BCUT2D eigenvalue weighted by molar-refractivity contribution is -0.126. The maximum atomic E-state index is 12.4. The number of thiophene rings is 1. The molecule has 3 rings (SSSR count). The van der Waals surface area contributed by atoms with E-state index in [9.17, 15) is 9.59 Å². The van der Waals surface area contributed by atoms with Crippen molar-refractivity contribution in [2.75, 3.05) is 25.0 Å². The number of likely N-dealkylation sites (tertiary alicyclic amines) is 1. The summed E-state index contributed by atoms with van der Waals surface area (Å²) in [5.41, 5.74) is 0.780. The van der Waals surface area contributed by atoms with Crippen molar-refractivity contribution < 1.29 is 9.59 Å². The summed E-state index contributed by atoms with van der Waals surface area (Å²) in [4.78, 5) is 28.4. The summed E-state index contributed by atoms with van der Waals surface area (Å²) in [6, 6.07) is 2.48. The number of carbonyl (C=O) groups is 2. The minimum Gasteiger partial charge on any atom is -0.352 e. The van der Waals surface area contributed by atoms with Crippen LogP contribution in [0, 0.1) is 12.8 Å². The molecule has 6 heteroatoms. The number of aryl methyl sites for hydroxylation is 1. The van der Waals surface area contributed by atoms with Crippen LogP contribution in [0.15, 0.2) is 6.07 Å². The van der Waals surface area contributed by atoms with E-state index in [2.05, 4.69) is 15.5 Å². The van der Waals surface area contributed by atoms with Gasteiger partial charge in [0.1, 0.15) is 0 Å². The first kappa shape index (κ1) is 17.4. The van der Waals surface area contributed by atoms with Gasteiger partial charge in [0.2, 0.25) is 5.91 Å². The third-order valence-electron chi connectivity index (χ3n) is 5.11. The van der Waals surface area contributed by atoms with Crippen molar-refractivity contribution in [2.45, 2.75) is 52.0 Å². The SMILES string of the molecule is CCNC(=O)c1cc(NC(=O)C2CN(C3CCCCC3)C2)c(C)s1. The smallest absolute Gasteiger partial charge is 0.261 e. The molecule has 0 aromatic carbocycles. The van der Waals surface area contributed by atoms with E-state index >= 15 is 0 Å². The van der Waals surface area contributed by atoms with Gasteiger partial charge < -0.3 is 10.6 Å². The fourth-order valence-electron chi connectivity index (χ4n) is 3.62. The molecule has 1 aromatic heterocycles. The number of carbonyl (C=O) groups excluding carboxylic acids is 2. The van der Waals surface area contributed by atoms with Crippen LogP contribution >= 0.6 is 11.3 Å². The highest BCUT2D eigenvalue weighted by atomic mass is 32.1. The molecule has 1 saturated carbocycles. The average Bonchev–Trinajstić information content (AvgIpc) is 2.88. The molecule has 24 heavy (non-hydrogen) atoms. The first-order chi connectivity index (χ1) is 11.6. The number of hydrogen-bond acceptors (Lipinski definition) is 4. The second-order valence-electron chi connectivity index (χ2n) is 6.87. The van der Waals surface area contributed by atoms with Crippen LogP contribution < -0.4 is 10.6 Å². The highest BCUT2D eigenvalue weighted by Crippen LogP contribution is 2.31. The van der Waals surface area contributed by atoms with Gasteiger partial charge in [-0.1, -0.05) is 19.3 Å². The van der Waals surface area contributed by atoms with Crippen molar-refractivity contribution in [3.63, 3.8) is 0 Å². The molecule has 2 amide bonds. The quantitative estimate of drug-likeness (QED) is 0.859. The van der Waals surface area contributed by atoms with Crippen molar-refractivity contribution in [1.29, 1.82) is 0 Å². The molecular weight excluding hydrogens is 322 g/mol. The Labute approximate surface area is 147 Å². The van der Waals surface area contributed by atoms with Gasteiger partial charge in [-0.15, -0.1) is 11.3 Å². The third kappa shape index (κ3) is 3.81. The van der Waals surface area contributed by atoms with Crippen molar-refractivity contribution >= 4 is 28.8 Å². The zero-order valence-electron chi connectivity index (χ0n) is 14.6. The molecule has 2 heterocycles. The lowest BCUT2D eigenvalue weighted by atomic mass is 9.88. The molecule has 2 fully saturated rings. The zero-order chi connectivity index (χ0) is 17.1. The minimum atomic E-state index is -0.0711. The monoisotopic (exact) mass is 349 g/mol. The lowest BCUT2D eigenvalue weighted by Crippen LogP contribution is -2.56. The summed E-state index contributed by atoms with van der Waals surface area (Å²) in [7, 11) is 0. The number of anilines is 1. The van der Waals surface area contributed by atoms with Crippen LogP contribution in [0.2, 0.25) is 0 Å². The second kappa shape index (κ2) is 7.66. The number of amides is 2. The maximum absolute atomic E-state index is 12.4. The van der Waals surface area contributed by atoms with Crippen LogP contribution in [0.25, 0.3) is 0 Å². The Morgan fingerprint density at radius 2 is 1.96 bits per heavy atom. The highest BCUT2D eigenvalue weighted by Gasteiger charge is 2.37. The van der Waals surface area contributed by atoms with Crippen molar-refractivity contribution in [3.05, 3.63) is 15.8 Å². The summed E-state index contributed by atoms with van der Waals surface area (Å²) < 4.78 is 0. The summed E-state index contributed by atoms with van der Waals surface area (Å²) in [6.45, 7) is 6.20. The van der Waals surface area contributed by atoms with Crippen LogP contribution in [-0.2, 0) is 4.79 Å². The van der Waals surface area contributed by atoms with E-state index in [1.165, 1.54) is 43.4 Å². The molecule has 0 spiro atoms. The van der Waals surface area contributed by atoms with Gasteiger partial charge in [0.05, 0.1) is 16.5 Å². The fourth-order valence-corrected chi connectivity index (χ4v) is 4.51. The molecule has 0 radical (unpaired) electrons. The van der Waals surface area contributed by atoms with E-state index in [1.807, 2.05) is 13.8 Å². The van der Waals surface area contributed by atoms with E-state index < -0.39 is 0 Å². The van der Waals surface area contributed by atoms with Gasteiger partial charge in [-0.25, -0.2) is 0 Å². The van der Waals surface area contributed by atoms with E-state index in [-0.39, 0.29) is 17.7 Å². The molecule has 1 aliphatic heterocycles.